The van der Waals surface area contributed by atoms with Crippen LogP contribution in [0.15, 0.2) is 12.1 Å². The lowest BCUT2D eigenvalue weighted by Crippen LogP contribution is -2.38. The molecule has 0 aliphatic carbocycles. The van der Waals surface area contributed by atoms with Gasteiger partial charge in [0.05, 0.1) is 5.69 Å². The van der Waals surface area contributed by atoms with Gasteiger partial charge in [0.15, 0.2) is 5.15 Å². The average Bonchev–Trinajstić information content (AvgIpc) is 2.74. The molecule has 0 N–H and O–H groups in total. The first-order valence-corrected chi connectivity index (χ1v) is 8.78. The molecule has 6 nitrogen and oxygen atoms in total. The Bertz CT molecular complexity index is 545. The summed E-state index contributed by atoms with van der Waals surface area (Å²) in [6.45, 7) is 7.88. The normalized spacial score (nSPS) is 19.2. The van der Waals surface area contributed by atoms with E-state index in [0.717, 1.165) is 44.6 Å². The third-order valence-corrected chi connectivity index (χ3v) is 4.27. The first kappa shape index (κ1) is 18.9. The van der Waals surface area contributed by atoms with Gasteiger partial charge in [-0.3, -0.25) is 4.90 Å². The molecule has 0 aromatic carbocycles. The molecule has 1 unspecified atom stereocenters. The Hall–Kier alpha value is -1.40. The number of hydrogen-bond donors (Lipinski definition) is 0. The van der Waals surface area contributed by atoms with Gasteiger partial charge in [0.25, 0.3) is 0 Å². The largest absolute Gasteiger partial charge is 0.444 e. The van der Waals surface area contributed by atoms with Crippen molar-refractivity contribution < 1.29 is 9.53 Å². The number of halogens is 1. The first-order valence-electron chi connectivity index (χ1n) is 8.41. The van der Waals surface area contributed by atoms with Gasteiger partial charge >= 0.3 is 6.09 Å². The second kappa shape index (κ2) is 8.12. The lowest BCUT2D eigenvalue weighted by Gasteiger charge is -2.28. The van der Waals surface area contributed by atoms with E-state index in [2.05, 4.69) is 22.1 Å². The topological polar surface area (TPSA) is 58.6 Å². The van der Waals surface area contributed by atoms with E-state index in [1.807, 2.05) is 31.7 Å². The lowest BCUT2D eigenvalue weighted by atomic mass is 10.1. The molecule has 1 fully saturated rings. The Morgan fingerprint density at radius 1 is 1.33 bits per heavy atom. The highest BCUT2D eigenvalue weighted by Gasteiger charge is 2.26. The van der Waals surface area contributed by atoms with Crippen molar-refractivity contribution in [2.75, 3.05) is 20.1 Å². The van der Waals surface area contributed by atoms with E-state index in [9.17, 15) is 4.79 Å². The molecule has 1 aromatic heterocycles. The maximum Gasteiger partial charge on any atom is 0.410 e. The Labute approximate surface area is 149 Å². The molecule has 24 heavy (non-hydrogen) atoms. The van der Waals surface area contributed by atoms with Crippen LogP contribution in [0.25, 0.3) is 0 Å². The fraction of sp³-hybridized carbons (Fsp3) is 0.706. The van der Waals surface area contributed by atoms with Crippen LogP contribution in [0.1, 0.15) is 45.7 Å². The zero-order chi connectivity index (χ0) is 17.7. The highest BCUT2D eigenvalue weighted by Crippen LogP contribution is 2.19. The van der Waals surface area contributed by atoms with Crippen LogP contribution in [0.3, 0.4) is 0 Å². The number of carbonyl (C=O) groups is 1. The van der Waals surface area contributed by atoms with Gasteiger partial charge in [-0.2, -0.15) is 5.10 Å². The van der Waals surface area contributed by atoms with Crippen molar-refractivity contribution in [3.8, 4) is 0 Å². The third kappa shape index (κ3) is 5.91. The van der Waals surface area contributed by atoms with E-state index < -0.39 is 5.60 Å². The van der Waals surface area contributed by atoms with Crippen LogP contribution in [0.4, 0.5) is 4.79 Å². The summed E-state index contributed by atoms with van der Waals surface area (Å²) in [5.41, 5.74) is 0.447. The van der Waals surface area contributed by atoms with E-state index in [-0.39, 0.29) is 6.09 Å². The summed E-state index contributed by atoms with van der Waals surface area (Å²) in [6.07, 6.45) is 2.74. The highest BCUT2D eigenvalue weighted by molar-refractivity contribution is 6.29. The van der Waals surface area contributed by atoms with Crippen molar-refractivity contribution >= 4 is 17.7 Å². The predicted molar refractivity (Wildman–Crippen MR) is 94.0 cm³/mol. The van der Waals surface area contributed by atoms with Crippen molar-refractivity contribution in [2.45, 2.75) is 58.2 Å². The molecule has 0 saturated carbocycles. The van der Waals surface area contributed by atoms with Crippen molar-refractivity contribution in [2.24, 2.45) is 0 Å². The van der Waals surface area contributed by atoms with Gasteiger partial charge in [0.1, 0.15) is 5.60 Å². The maximum atomic E-state index is 12.2. The Balaban J connectivity index is 1.87. The van der Waals surface area contributed by atoms with Crippen LogP contribution in [0.5, 0.6) is 0 Å². The van der Waals surface area contributed by atoms with Crippen molar-refractivity contribution in [1.82, 2.24) is 20.0 Å². The monoisotopic (exact) mass is 354 g/mol. The summed E-state index contributed by atoms with van der Waals surface area (Å²) in [5.74, 6) is 0. The molecule has 0 radical (unpaired) electrons. The molecular weight excluding hydrogens is 328 g/mol. The number of hydrogen-bond acceptors (Lipinski definition) is 5. The molecule has 1 aromatic rings. The molecule has 0 spiro atoms. The molecule has 1 saturated heterocycles. The van der Waals surface area contributed by atoms with Crippen molar-refractivity contribution in [1.29, 1.82) is 0 Å². The van der Waals surface area contributed by atoms with Crippen molar-refractivity contribution in [3.05, 3.63) is 23.0 Å². The fourth-order valence-corrected chi connectivity index (χ4v) is 2.94. The summed E-state index contributed by atoms with van der Waals surface area (Å²) in [5, 5.41) is 8.40. The van der Waals surface area contributed by atoms with E-state index >= 15 is 0 Å². The second-order valence-electron chi connectivity index (χ2n) is 7.31. The average molecular weight is 355 g/mol. The zero-order valence-corrected chi connectivity index (χ0v) is 15.7. The van der Waals surface area contributed by atoms with Gasteiger partial charge in [-0.25, -0.2) is 4.79 Å². The summed E-state index contributed by atoms with van der Waals surface area (Å²) >= 11 is 5.77. The first-order chi connectivity index (χ1) is 11.2. The van der Waals surface area contributed by atoms with Gasteiger partial charge in [-0.1, -0.05) is 11.6 Å². The number of aromatic nitrogens is 2. The fourth-order valence-electron chi connectivity index (χ4n) is 2.84. The molecule has 134 valence electrons. The summed E-state index contributed by atoms with van der Waals surface area (Å²) in [4.78, 5) is 16.3. The molecule has 2 heterocycles. The quantitative estimate of drug-likeness (QED) is 0.833. The van der Waals surface area contributed by atoms with Gasteiger partial charge in [0, 0.05) is 25.7 Å². The van der Waals surface area contributed by atoms with Gasteiger partial charge in [-0.15, -0.1) is 5.10 Å². The molecule has 1 aliphatic heterocycles. The molecule has 7 heteroatoms. The van der Waals surface area contributed by atoms with Gasteiger partial charge in [-0.05, 0) is 59.2 Å². The minimum Gasteiger partial charge on any atom is -0.444 e. The minimum absolute atomic E-state index is 0.214. The smallest absolute Gasteiger partial charge is 0.410 e. The number of nitrogens with zero attached hydrogens (tertiary/aromatic N) is 4. The number of amides is 1. The molecule has 1 atom stereocenters. The molecule has 2 rings (SSSR count). The van der Waals surface area contributed by atoms with Crippen LogP contribution in [-0.2, 0) is 11.3 Å². The standard InChI is InChI=1S/C17H27ClN4O2/c1-17(2,3)24-16(23)22-10-5-6-14(9-11-22)21(4)12-13-7-8-15(18)20-19-13/h7-8,14H,5-6,9-12H2,1-4H3. The van der Waals surface area contributed by atoms with E-state index in [4.69, 9.17) is 16.3 Å². The van der Waals surface area contributed by atoms with Crippen LogP contribution in [-0.4, -0.2) is 57.9 Å². The number of carbonyl (C=O) groups excluding carboxylic acids is 1. The van der Waals surface area contributed by atoms with Crippen LogP contribution < -0.4 is 0 Å². The number of rotatable bonds is 3. The molecule has 1 aliphatic rings. The third-order valence-electron chi connectivity index (χ3n) is 4.07. The van der Waals surface area contributed by atoms with Crippen LogP contribution >= 0.6 is 11.6 Å². The van der Waals surface area contributed by atoms with E-state index in [0.29, 0.717) is 11.2 Å². The van der Waals surface area contributed by atoms with Crippen LogP contribution in [0, 0.1) is 0 Å². The number of ether oxygens (including phenoxy) is 1. The SMILES string of the molecule is CN(Cc1ccc(Cl)nn1)C1CCCN(C(=O)OC(C)(C)C)CC1. The molecule has 1 amide bonds. The number of likely N-dealkylation sites (tertiary alicyclic amines) is 1. The summed E-state index contributed by atoms with van der Waals surface area (Å²) in [7, 11) is 2.09. The van der Waals surface area contributed by atoms with E-state index in [1.165, 1.54) is 0 Å². The molecule has 0 bridgehead atoms. The highest BCUT2D eigenvalue weighted by atomic mass is 35.5. The second-order valence-corrected chi connectivity index (χ2v) is 7.70. The minimum atomic E-state index is -0.452. The van der Waals surface area contributed by atoms with Crippen LogP contribution in [0.2, 0.25) is 5.15 Å². The lowest BCUT2D eigenvalue weighted by molar-refractivity contribution is 0.0253. The Morgan fingerprint density at radius 3 is 2.71 bits per heavy atom. The molecular formula is C17H27ClN4O2. The Morgan fingerprint density at radius 2 is 2.08 bits per heavy atom. The Kier molecular flexibility index (Phi) is 6.40. The predicted octanol–water partition coefficient (Wildman–Crippen LogP) is 3.35. The van der Waals surface area contributed by atoms with Crippen molar-refractivity contribution in [3.63, 3.8) is 0 Å². The maximum absolute atomic E-state index is 12.2. The summed E-state index contributed by atoms with van der Waals surface area (Å²) in [6, 6.07) is 4.07. The van der Waals surface area contributed by atoms with E-state index in [1.54, 1.807) is 6.07 Å². The van der Waals surface area contributed by atoms with Gasteiger partial charge < -0.3 is 9.64 Å². The van der Waals surface area contributed by atoms with Gasteiger partial charge in [0.2, 0.25) is 0 Å². The zero-order valence-electron chi connectivity index (χ0n) is 15.0. The summed E-state index contributed by atoms with van der Waals surface area (Å²) < 4.78 is 5.48.